The highest BCUT2D eigenvalue weighted by Gasteiger charge is 2.34. The van der Waals surface area contributed by atoms with Crippen LogP contribution in [0.4, 0.5) is 5.69 Å². The van der Waals surface area contributed by atoms with Gasteiger partial charge in [-0.05, 0) is 80.4 Å². The van der Waals surface area contributed by atoms with Crippen molar-refractivity contribution in [3.05, 3.63) is 129 Å². The summed E-state index contributed by atoms with van der Waals surface area (Å²) in [5.74, 6) is -0.822. The molecule has 0 unspecified atom stereocenters. The van der Waals surface area contributed by atoms with Gasteiger partial charge in [0.05, 0.1) is 10.6 Å². The second-order valence-corrected chi connectivity index (χ2v) is 14.5. The molecule has 0 fully saturated rings. The molecule has 4 aromatic rings. The maximum absolute atomic E-state index is 14.4. The number of nitrogens with one attached hydrogen (secondary N) is 1. The maximum Gasteiger partial charge on any atom is 0.264 e. The molecule has 7 nitrogen and oxygen atoms in total. The first kappa shape index (κ1) is 33.4. The molecule has 4 aromatic carbocycles. The minimum atomic E-state index is -4.15. The number of halogens is 2. The van der Waals surface area contributed by atoms with Gasteiger partial charge in [0.1, 0.15) is 12.6 Å². The molecule has 0 aromatic heterocycles. The smallest absolute Gasteiger partial charge is 0.264 e. The largest absolute Gasteiger partial charge is 0.352 e. The summed E-state index contributed by atoms with van der Waals surface area (Å²) in [6.07, 6.45) is 0.255. The summed E-state index contributed by atoms with van der Waals surface area (Å²) < 4.78 is 30.9. The standard InChI is InChI=1S/C34H35Br2N3O4S/c1-24(2)37-34(41)32(21-26-7-5-4-6-8-26)38(22-27-11-13-28(35)14-12-27)33(40)23-39(30-17-15-29(36)16-18-30)44(42,43)31-19-9-25(3)10-20-31/h4-20,24,32H,21-23H2,1-3H3,(H,37,41)/t32-/m1/s1. The first-order chi connectivity index (χ1) is 20.9. The number of carbonyl (C=O) groups is 2. The predicted molar refractivity (Wildman–Crippen MR) is 182 cm³/mol. The molecule has 44 heavy (non-hydrogen) atoms. The number of sulfonamides is 1. The lowest BCUT2D eigenvalue weighted by Crippen LogP contribution is -2.54. The van der Waals surface area contributed by atoms with Crippen molar-refractivity contribution in [2.45, 2.75) is 50.7 Å². The average Bonchev–Trinajstić information content (AvgIpc) is 2.99. The van der Waals surface area contributed by atoms with Gasteiger partial charge in [-0.3, -0.25) is 13.9 Å². The fourth-order valence-corrected chi connectivity index (χ4v) is 6.64. The van der Waals surface area contributed by atoms with Crippen molar-refractivity contribution in [2.75, 3.05) is 10.8 Å². The van der Waals surface area contributed by atoms with Crippen molar-refractivity contribution in [3.63, 3.8) is 0 Å². The Morgan fingerprint density at radius 3 is 1.91 bits per heavy atom. The molecule has 0 aliphatic rings. The lowest BCUT2D eigenvalue weighted by Gasteiger charge is -2.34. The Morgan fingerprint density at radius 1 is 0.773 bits per heavy atom. The molecule has 0 radical (unpaired) electrons. The van der Waals surface area contributed by atoms with Crippen LogP contribution in [0.2, 0.25) is 0 Å². The van der Waals surface area contributed by atoms with E-state index in [9.17, 15) is 18.0 Å². The van der Waals surface area contributed by atoms with E-state index in [1.165, 1.54) is 17.0 Å². The summed E-state index contributed by atoms with van der Waals surface area (Å²) in [4.78, 5) is 29.7. The van der Waals surface area contributed by atoms with Gasteiger partial charge in [0.2, 0.25) is 11.8 Å². The van der Waals surface area contributed by atoms with Gasteiger partial charge in [-0.15, -0.1) is 0 Å². The molecular weight excluding hydrogens is 706 g/mol. The number of hydrogen-bond acceptors (Lipinski definition) is 4. The van der Waals surface area contributed by atoms with Crippen molar-refractivity contribution >= 4 is 59.4 Å². The Kier molecular flexibility index (Phi) is 11.4. The van der Waals surface area contributed by atoms with Crippen LogP contribution in [-0.4, -0.2) is 43.8 Å². The third kappa shape index (κ3) is 8.80. The zero-order chi connectivity index (χ0) is 31.9. The van der Waals surface area contributed by atoms with Gasteiger partial charge < -0.3 is 10.2 Å². The fourth-order valence-electron chi connectivity index (χ4n) is 4.69. The number of aryl methyl sites for hydroxylation is 1. The molecule has 1 atom stereocenters. The van der Waals surface area contributed by atoms with E-state index in [0.717, 1.165) is 29.9 Å². The summed E-state index contributed by atoms with van der Waals surface area (Å²) in [5, 5.41) is 2.97. The minimum Gasteiger partial charge on any atom is -0.352 e. The van der Waals surface area contributed by atoms with Gasteiger partial charge in [-0.25, -0.2) is 8.42 Å². The molecule has 0 heterocycles. The van der Waals surface area contributed by atoms with E-state index in [4.69, 9.17) is 0 Å². The van der Waals surface area contributed by atoms with E-state index in [0.29, 0.717) is 5.69 Å². The topological polar surface area (TPSA) is 86.8 Å². The Morgan fingerprint density at radius 2 is 1.34 bits per heavy atom. The third-order valence-electron chi connectivity index (χ3n) is 6.97. The quantitative estimate of drug-likeness (QED) is 0.172. The van der Waals surface area contributed by atoms with Crippen molar-refractivity contribution in [2.24, 2.45) is 0 Å². The van der Waals surface area contributed by atoms with Crippen LogP contribution >= 0.6 is 31.9 Å². The normalized spacial score (nSPS) is 12.0. The Hall–Kier alpha value is -3.47. The van der Waals surface area contributed by atoms with Crippen LogP contribution < -0.4 is 9.62 Å². The van der Waals surface area contributed by atoms with Crippen LogP contribution in [0.1, 0.15) is 30.5 Å². The Bertz CT molecular complexity index is 1660. The van der Waals surface area contributed by atoms with E-state index >= 15 is 0 Å². The van der Waals surface area contributed by atoms with E-state index in [2.05, 4.69) is 37.2 Å². The SMILES string of the molecule is Cc1ccc(S(=O)(=O)N(CC(=O)N(Cc2ccc(Br)cc2)[C@H](Cc2ccccc2)C(=O)NC(C)C)c2ccc(Br)cc2)cc1. The second-order valence-electron chi connectivity index (χ2n) is 10.8. The Labute approximate surface area is 276 Å². The molecule has 4 rings (SSSR count). The number of hydrogen-bond donors (Lipinski definition) is 1. The lowest BCUT2D eigenvalue weighted by molar-refractivity contribution is -0.140. The molecule has 0 saturated heterocycles. The van der Waals surface area contributed by atoms with Crippen LogP contribution in [0.15, 0.2) is 117 Å². The average molecular weight is 742 g/mol. The van der Waals surface area contributed by atoms with E-state index < -0.39 is 28.5 Å². The van der Waals surface area contributed by atoms with Gasteiger partial charge >= 0.3 is 0 Å². The second kappa shape index (κ2) is 15.0. The van der Waals surface area contributed by atoms with E-state index in [1.54, 1.807) is 36.4 Å². The number of anilines is 1. The number of carbonyl (C=O) groups excluding carboxylic acids is 2. The number of rotatable bonds is 12. The van der Waals surface area contributed by atoms with Crippen molar-refractivity contribution in [1.82, 2.24) is 10.2 Å². The van der Waals surface area contributed by atoms with Crippen LogP contribution in [0.5, 0.6) is 0 Å². The van der Waals surface area contributed by atoms with Crippen molar-refractivity contribution in [3.8, 4) is 0 Å². The predicted octanol–water partition coefficient (Wildman–Crippen LogP) is 6.88. The zero-order valence-corrected chi connectivity index (χ0v) is 28.8. The molecule has 0 aliphatic carbocycles. The van der Waals surface area contributed by atoms with Gasteiger partial charge in [0, 0.05) is 28.0 Å². The van der Waals surface area contributed by atoms with E-state index in [-0.39, 0.29) is 29.8 Å². The number of benzene rings is 4. The molecule has 230 valence electrons. The van der Waals surface area contributed by atoms with Crippen LogP contribution in [-0.2, 0) is 32.6 Å². The van der Waals surface area contributed by atoms with Gasteiger partial charge in [0.25, 0.3) is 10.0 Å². The van der Waals surface area contributed by atoms with Crippen LogP contribution in [0.25, 0.3) is 0 Å². The van der Waals surface area contributed by atoms with Crippen molar-refractivity contribution < 1.29 is 18.0 Å². The first-order valence-corrected chi connectivity index (χ1v) is 17.2. The molecular formula is C34H35Br2N3O4S. The summed E-state index contributed by atoms with van der Waals surface area (Å²) in [5.41, 5.74) is 2.92. The molecule has 0 spiro atoms. The van der Waals surface area contributed by atoms with Gasteiger partial charge in [0.15, 0.2) is 0 Å². The molecule has 0 bridgehead atoms. The summed E-state index contributed by atoms with van der Waals surface area (Å²) in [7, 11) is -4.15. The number of amides is 2. The molecule has 0 saturated carbocycles. The third-order valence-corrected chi connectivity index (χ3v) is 9.82. The highest BCUT2D eigenvalue weighted by Crippen LogP contribution is 2.27. The lowest BCUT2D eigenvalue weighted by atomic mass is 10.0. The first-order valence-electron chi connectivity index (χ1n) is 14.2. The molecule has 1 N–H and O–H groups in total. The molecule has 10 heteroatoms. The van der Waals surface area contributed by atoms with Crippen molar-refractivity contribution in [1.29, 1.82) is 0 Å². The van der Waals surface area contributed by atoms with Gasteiger partial charge in [-0.1, -0.05) is 92.0 Å². The molecule has 2 amide bonds. The molecule has 0 aliphatic heterocycles. The summed E-state index contributed by atoms with van der Waals surface area (Å²) >= 11 is 6.86. The highest BCUT2D eigenvalue weighted by atomic mass is 79.9. The zero-order valence-electron chi connectivity index (χ0n) is 24.8. The van der Waals surface area contributed by atoms with Crippen LogP contribution in [0.3, 0.4) is 0 Å². The summed E-state index contributed by atoms with van der Waals surface area (Å²) in [6.45, 7) is 5.20. The minimum absolute atomic E-state index is 0.0664. The monoisotopic (exact) mass is 739 g/mol. The summed E-state index contributed by atoms with van der Waals surface area (Å²) in [6, 6.07) is 29.2. The Balaban J connectivity index is 1.79. The maximum atomic E-state index is 14.4. The fraction of sp³-hybridized carbons (Fsp3) is 0.235. The van der Waals surface area contributed by atoms with Gasteiger partial charge in [-0.2, -0.15) is 0 Å². The highest BCUT2D eigenvalue weighted by molar-refractivity contribution is 9.10. The van der Waals surface area contributed by atoms with E-state index in [1.807, 2.05) is 75.4 Å². The van der Waals surface area contributed by atoms with Crippen LogP contribution in [0, 0.1) is 6.92 Å². The number of nitrogens with zero attached hydrogens (tertiary/aromatic N) is 2.